The van der Waals surface area contributed by atoms with E-state index in [1.54, 1.807) is 24.4 Å². The number of hydrogen-bond donors (Lipinski definition) is 2. The lowest BCUT2D eigenvalue weighted by Crippen LogP contribution is -1.96. The van der Waals surface area contributed by atoms with Crippen molar-refractivity contribution in [3.05, 3.63) is 57.4 Å². The van der Waals surface area contributed by atoms with Crippen molar-refractivity contribution in [1.82, 2.24) is 19.9 Å². The van der Waals surface area contributed by atoms with Crippen LogP contribution in [0.3, 0.4) is 0 Å². The summed E-state index contributed by atoms with van der Waals surface area (Å²) >= 11 is 8.53. The highest BCUT2D eigenvalue weighted by Gasteiger charge is 2.09. The van der Waals surface area contributed by atoms with Crippen molar-refractivity contribution in [2.45, 2.75) is 0 Å². The van der Waals surface area contributed by atoms with E-state index in [0.29, 0.717) is 21.9 Å². The Balaban J connectivity index is 2.03. The predicted octanol–water partition coefficient (Wildman–Crippen LogP) is 3.35. The minimum atomic E-state index is 0.126. The second-order valence-corrected chi connectivity index (χ2v) is 5.63. The minimum absolute atomic E-state index is 0.126. The Kier molecular flexibility index (Phi) is 4.12. The van der Waals surface area contributed by atoms with E-state index in [4.69, 9.17) is 12.2 Å². The summed E-state index contributed by atoms with van der Waals surface area (Å²) in [6.45, 7) is 0. The third-order valence-electron chi connectivity index (χ3n) is 2.85. The molecule has 110 valence electrons. The van der Waals surface area contributed by atoms with Crippen LogP contribution in [-0.4, -0.2) is 31.2 Å². The van der Waals surface area contributed by atoms with Crippen molar-refractivity contribution >= 4 is 34.4 Å². The molecular formula is C14H10BrN5OS. The standard InChI is InChI=1S/C14H10BrN5OS/c15-10-4-5-12(21)9(7-10)8-17-20-13(18-19-14(20)22)11-3-1-2-6-16-11/h1-8,21H,(H,19,22). The Morgan fingerprint density at radius 3 is 2.95 bits per heavy atom. The lowest BCUT2D eigenvalue weighted by molar-refractivity contribution is 0.474. The molecule has 2 aromatic heterocycles. The van der Waals surface area contributed by atoms with Gasteiger partial charge in [-0.3, -0.25) is 4.98 Å². The number of hydrogen-bond acceptors (Lipinski definition) is 5. The Hall–Kier alpha value is -2.32. The SMILES string of the molecule is Oc1ccc(Br)cc1C=Nn1c(-c2ccccn2)n[nH]c1=S. The number of rotatable bonds is 3. The predicted molar refractivity (Wildman–Crippen MR) is 89.4 cm³/mol. The van der Waals surface area contributed by atoms with Crippen LogP contribution in [0.1, 0.15) is 5.56 Å². The molecule has 0 radical (unpaired) electrons. The van der Waals surface area contributed by atoms with E-state index in [9.17, 15) is 5.11 Å². The molecule has 3 aromatic rings. The van der Waals surface area contributed by atoms with Crippen LogP contribution in [0.15, 0.2) is 52.2 Å². The van der Waals surface area contributed by atoms with Gasteiger partial charge < -0.3 is 5.11 Å². The fraction of sp³-hybridized carbons (Fsp3) is 0. The number of pyridine rings is 1. The average molecular weight is 376 g/mol. The summed E-state index contributed by atoms with van der Waals surface area (Å²) in [4.78, 5) is 4.23. The van der Waals surface area contributed by atoms with Gasteiger partial charge in [0.1, 0.15) is 11.4 Å². The van der Waals surface area contributed by atoms with Gasteiger partial charge >= 0.3 is 0 Å². The molecule has 0 aliphatic rings. The molecule has 0 saturated heterocycles. The molecule has 3 rings (SSSR count). The first-order valence-electron chi connectivity index (χ1n) is 6.27. The van der Waals surface area contributed by atoms with Crippen LogP contribution in [0.2, 0.25) is 0 Å². The molecule has 0 saturated carbocycles. The first-order chi connectivity index (χ1) is 10.6. The molecule has 22 heavy (non-hydrogen) atoms. The van der Waals surface area contributed by atoms with Gasteiger partial charge in [-0.25, -0.2) is 5.10 Å². The average Bonchev–Trinajstić information content (AvgIpc) is 2.90. The summed E-state index contributed by atoms with van der Waals surface area (Å²) < 4.78 is 2.64. The van der Waals surface area contributed by atoms with E-state index in [1.807, 2.05) is 18.2 Å². The van der Waals surface area contributed by atoms with E-state index < -0.39 is 0 Å². The Labute approximate surface area is 139 Å². The molecule has 2 N–H and O–H groups in total. The molecule has 0 spiro atoms. The highest BCUT2D eigenvalue weighted by atomic mass is 79.9. The summed E-state index contributed by atoms with van der Waals surface area (Å²) in [5, 5.41) is 20.9. The Morgan fingerprint density at radius 2 is 2.18 bits per heavy atom. The molecular weight excluding hydrogens is 366 g/mol. The lowest BCUT2D eigenvalue weighted by atomic mass is 10.2. The first kappa shape index (κ1) is 14.6. The van der Waals surface area contributed by atoms with Gasteiger partial charge in [0.05, 0.1) is 6.21 Å². The molecule has 0 aliphatic heterocycles. The third-order valence-corrected chi connectivity index (χ3v) is 3.60. The van der Waals surface area contributed by atoms with Crippen LogP contribution in [0.5, 0.6) is 5.75 Å². The zero-order valence-corrected chi connectivity index (χ0v) is 13.5. The van der Waals surface area contributed by atoms with E-state index in [0.717, 1.165) is 4.47 Å². The molecule has 0 bridgehead atoms. The second kappa shape index (κ2) is 6.20. The van der Waals surface area contributed by atoms with Crippen LogP contribution in [0.4, 0.5) is 0 Å². The van der Waals surface area contributed by atoms with Gasteiger partial charge in [0, 0.05) is 16.2 Å². The summed E-state index contributed by atoms with van der Waals surface area (Å²) in [6.07, 6.45) is 3.18. The number of benzene rings is 1. The van der Waals surface area contributed by atoms with Crippen molar-refractivity contribution in [3.8, 4) is 17.3 Å². The van der Waals surface area contributed by atoms with E-state index in [-0.39, 0.29) is 5.75 Å². The molecule has 0 amide bonds. The first-order valence-corrected chi connectivity index (χ1v) is 7.47. The zero-order chi connectivity index (χ0) is 15.5. The topological polar surface area (TPSA) is 79.1 Å². The minimum Gasteiger partial charge on any atom is -0.507 e. The fourth-order valence-electron chi connectivity index (χ4n) is 1.81. The molecule has 8 heteroatoms. The lowest BCUT2D eigenvalue weighted by Gasteiger charge is -2.01. The van der Waals surface area contributed by atoms with Gasteiger partial charge in [-0.15, -0.1) is 0 Å². The summed E-state index contributed by atoms with van der Waals surface area (Å²) in [6, 6.07) is 10.6. The van der Waals surface area contributed by atoms with E-state index in [1.165, 1.54) is 10.9 Å². The summed E-state index contributed by atoms with van der Waals surface area (Å²) in [5.74, 6) is 0.623. The van der Waals surface area contributed by atoms with Gasteiger partial charge in [0.25, 0.3) is 0 Å². The van der Waals surface area contributed by atoms with Crippen LogP contribution < -0.4 is 0 Å². The molecule has 6 nitrogen and oxygen atoms in total. The van der Waals surface area contributed by atoms with Gasteiger partial charge in [0.15, 0.2) is 0 Å². The second-order valence-electron chi connectivity index (χ2n) is 4.33. The number of phenols is 1. The van der Waals surface area contributed by atoms with Crippen molar-refractivity contribution < 1.29 is 5.11 Å². The smallest absolute Gasteiger partial charge is 0.216 e. The molecule has 0 unspecified atom stereocenters. The number of aromatic hydroxyl groups is 1. The number of aromatic amines is 1. The fourth-order valence-corrected chi connectivity index (χ4v) is 2.37. The van der Waals surface area contributed by atoms with Gasteiger partial charge in [-0.2, -0.15) is 14.9 Å². The Morgan fingerprint density at radius 1 is 1.32 bits per heavy atom. The number of aromatic nitrogens is 4. The highest BCUT2D eigenvalue weighted by molar-refractivity contribution is 9.10. The molecule has 1 aromatic carbocycles. The normalized spacial score (nSPS) is 11.1. The van der Waals surface area contributed by atoms with Gasteiger partial charge in [0.2, 0.25) is 10.6 Å². The largest absolute Gasteiger partial charge is 0.507 e. The van der Waals surface area contributed by atoms with Gasteiger partial charge in [-0.05, 0) is 42.5 Å². The molecule has 0 aliphatic carbocycles. The van der Waals surface area contributed by atoms with Crippen LogP contribution in [0.25, 0.3) is 11.5 Å². The van der Waals surface area contributed by atoms with E-state index in [2.05, 4.69) is 36.2 Å². The summed E-state index contributed by atoms with van der Waals surface area (Å²) in [5.41, 5.74) is 1.20. The number of nitrogens with zero attached hydrogens (tertiary/aromatic N) is 4. The van der Waals surface area contributed by atoms with Crippen LogP contribution in [0, 0.1) is 4.77 Å². The van der Waals surface area contributed by atoms with Crippen LogP contribution in [-0.2, 0) is 0 Å². The molecule has 2 heterocycles. The van der Waals surface area contributed by atoms with Gasteiger partial charge in [-0.1, -0.05) is 22.0 Å². The summed E-state index contributed by atoms with van der Waals surface area (Å²) in [7, 11) is 0. The van der Waals surface area contributed by atoms with Crippen molar-refractivity contribution in [3.63, 3.8) is 0 Å². The molecule has 0 atom stereocenters. The van der Waals surface area contributed by atoms with Crippen molar-refractivity contribution in [1.29, 1.82) is 0 Å². The molecule has 0 fully saturated rings. The monoisotopic (exact) mass is 375 g/mol. The third kappa shape index (κ3) is 2.97. The van der Waals surface area contributed by atoms with Crippen LogP contribution >= 0.6 is 28.1 Å². The van der Waals surface area contributed by atoms with E-state index >= 15 is 0 Å². The maximum absolute atomic E-state index is 9.84. The Bertz CT molecular complexity index is 888. The number of halogens is 1. The zero-order valence-electron chi connectivity index (χ0n) is 11.1. The highest BCUT2D eigenvalue weighted by Crippen LogP contribution is 2.20. The maximum Gasteiger partial charge on any atom is 0.216 e. The number of nitrogens with one attached hydrogen (secondary N) is 1. The maximum atomic E-state index is 9.84. The quantitative estimate of drug-likeness (QED) is 0.543. The van der Waals surface area contributed by atoms with Crippen molar-refractivity contribution in [2.24, 2.45) is 5.10 Å². The number of phenolic OH excluding ortho intramolecular Hbond substituents is 1. The van der Waals surface area contributed by atoms with Crippen molar-refractivity contribution in [2.75, 3.05) is 0 Å². The number of H-pyrrole nitrogens is 1.